The number of hydrogen-bond acceptors (Lipinski definition) is 4. The molecule has 4 aliphatic carbocycles. The Morgan fingerprint density at radius 1 is 1.17 bits per heavy atom. The summed E-state index contributed by atoms with van der Waals surface area (Å²) in [5.74, 6) is 0.899. The van der Waals surface area contributed by atoms with Gasteiger partial charge in [0.2, 0.25) is 11.8 Å². The molecule has 1 aromatic carbocycles. The van der Waals surface area contributed by atoms with Crippen LogP contribution in [0.25, 0.3) is 0 Å². The van der Waals surface area contributed by atoms with E-state index in [-0.39, 0.29) is 29.2 Å². The second-order valence-corrected chi connectivity index (χ2v) is 12.1. The standard InChI is InChI=1S/C28H34ClFN4O2/c1-27(2,21-4-3-19(29)11-22(21)30)25(35)33-15-23(31)24-17-9-16-10-18(24)14-28(12-16,13-17)26(36)34-20-5-7-32-8-6-20/h3-8,11,16-18,23-24H,9-10,12-15,31H2,1-2H3,(H,33,35)(H,32,34,36). The third-order valence-electron chi connectivity index (χ3n) is 8.93. The van der Waals surface area contributed by atoms with Crippen molar-refractivity contribution >= 4 is 29.1 Å². The van der Waals surface area contributed by atoms with Crippen LogP contribution in [0, 0.1) is 34.9 Å². The van der Waals surface area contributed by atoms with Gasteiger partial charge in [-0.3, -0.25) is 14.6 Å². The van der Waals surface area contributed by atoms with Crippen LogP contribution in [0.5, 0.6) is 0 Å². The maximum absolute atomic E-state index is 14.5. The SMILES string of the molecule is CC(C)(C(=O)NCC(N)C1C2CC3CC1CC(C(=O)Nc1ccncc1)(C3)C2)c1ccc(Cl)cc1F. The van der Waals surface area contributed by atoms with Crippen molar-refractivity contribution in [3.8, 4) is 0 Å². The summed E-state index contributed by atoms with van der Waals surface area (Å²) < 4.78 is 14.5. The molecule has 4 fully saturated rings. The van der Waals surface area contributed by atoms with E-state index in [0.717, 1.165) is 37.8 Å². The zero-order chi connectivity index (χ0) is 25.7. The fraction of sp³-hybridized carbons (Fsp3) is 0.536. The van der Waals surface area contributed by atoms with E-state index in [1.54, 1.807) is 38.4 Å². The van der Waals surface area contributed by atoms with E-state index < -0.39 is 11.2 Å². The number of hydrogen-bond donors (Lipinski definition) is 3. The van der Waals surface area contributed by atoms with Crippen molar-refractivity contribution in [1.82, 2.24) is 10.3 Å². The third kappa shape index (κ3) is 4.52. The average molecular weight is 513 g/mol. The fourth-order valence-corrected chi connectivity index (χ4v) is 7.58. The van der Waals surface area contributed by atoms with Crippen molar-refractivity contribution in [2.45, 2.75) is 57.4 Å². The number of amides is 2. The zero-order valence-corrected chi connectivity index (χ0v) is 21.5. The summed E-state index contributed by atoms with van der Waals surface area (Å²) >= 11 is 5.88. The number of nitrogens with zero attached hydrogens (tertiary/aromatic N) is 1. The summed E-state index contributed by atoms with van der Waals surface area (Å²) in [5.41, 5.74) is 6.39. The second-order valence-electron chi connectivity index (χ2n) is 11.6. The Morgan fingerprint density at radius 3 is 2.47 bits per heavy atom. The number of nitrogens with two attached hydrogens (primary N) is 1. The van der Waals surface area contributed by atoms with Crippen molar-refractivity contribution in [3.63, 3.8) is 0 Å². The molecule has 2 amide bonds. The highest BCUT2D eigenvalue weighted by molar-refractivity contribution is 6.30. The van der Waals surface area contributed by atoms with Gasteiger partial charge in [-0.25, -0.2) is 4.39 Å². The summed E-state index contributed by atoms with van der Waals surface area (Å²) in [6.45, 7) is 3.73. The first-order chi connectivity index (χ1) is 17.1. The van der Waals surface area contributed by atoms with Gasteiger partial charge in [0.1, 0.15) is 5.82 Å². The monoisotopic (exact) mass is 512 g/mol. The van der Waals surface area contributed by atoms with Gasteiger partial charge in [-0.05, 0) is 93.9 Å². The van der Waals surface area contributed by atoms with Crippen molar-refractivity contribution < 1.29 is 14.0 Å². The Morgan fingerprint density at radius 2 is 1.83 bits per heavy atom. The van der Waals surface area contributed by atoms with E-state index in [1.807, 2.05) is 12.1 Å². The number of halogens is 2. The number of anilines is 1. The average Bonchev–Trinajstić information content (AvgIpc) is 2.82. The van der Waals surface area contributed by atoms with Crippen LogP contribution in [0.3, 0.4) is 0 Å². The molecule has 6 rings (SSSR count). The van der Waals surface area contributed by atoms with Gasteiger partial charge in [0.05, 0.1) is 10.8 Å². The molecular formula is C28H34ClFN4O2. The number of nitrogens with one attached hydrogen (secondary N) is 2. The number of aromatic nitrogens is 1. The van der Waals surface area contributed by atoms with Crippen LogP contribution in [0.4, 0.5) is 10.1 Å². The first-order valence-electron chi connectivity index (χ1n) is 12.8. The van der Waals surface area contributed by atoms with E-state index in [1.165, 1.54) is 6.07 Å². The Hall–Kier alpha value is -2.51. The second kappa shape index (κ2) is 9.42. The van der Waals surface area contributed by atoms with Gasteiger partial charge >= 0.3 is 0 Å². The lowest BCUT2D eigenvalue weighted by atomic mass is 9.45. The molecule has 1 heterocycles. The maximum atomic E-state index is 14.5. The molecule has 3 atom stereocenters. The molecule has 4 N–H and O–H groups in total. The first kappa shape index (κ1) is 25.2. The summed E-state index contributed by atoms with van der Waals surface area (Å²) in [5, 5.41) is 6.40. The minimum atomic E-state index is -1.06. The molecule has 0 spiro atoms. The van der Waals surface area contributed by atoms with Crippen molar-refractivity contribution in [2.75, 3.05) is 11.9 Å². The highest BCUT2D eigenvalue weighted by Crippen LogP contribution is 2.63. The predicted molar refractivity (Wildman–Crippen MR) is 138 cm³/mol. The highest BCUT2D eigenvalue weighted by Gasteiger charge is 2.59. The summed E-state index contributed by atoms with van der Waals surface area (Å²) in [6, 6.07) is 7.80. The molecule has 4 saturated carbocycles. The molecule has 0 radical (unpaired) electrons. The van der Waals surface area contributed by atoms with Crippen molar-refractivity contribution in [3.05, 3.63) is 59.1 Å². The van der Waals surface area contributed by atoms with Crippen LogP contribution >= 0.6 is 11.6 Å². The minimum absolute atomic E-state index is 0.111. The highest BCUT2D eigenvalue weighted by atomic mass is 35.5. The lowest BCUT2D eigenvalue weighted by Gasteiger charge is -2.60. The lowest BCUT2D eigenvalue weighted by Crippen LogP contribution is -2.60. The van der Waals surface area contributed by atoms with Gasteiger partial charge < -0.3 is 16.4 Å². The Balaban J connectivity index is 1.24. The first-order valence-corrected chi connectivity index (χ1v) is 13.2. The quantitative estimate of drug-likeness (QED) is 0.502. The van der Waals surface area contributed by atoms with Crippen molar-refractivity contribution in [2.24, 2.45) is 34.8 Å². The molecule has 3 unspecified atom stereocenters. The van der Waals surface area contributed by atoms with Crippen LogP contribution in [0.1, 0.15) is 51.5 Å². The Kier molecular flexibility index (Phi) is 6.58. The van der Waals surface area contributed by atoms with E-state index in [9.17, 15) is 14.0 Å². The predicted octanol–water partition coefficient (Wildman–Crippen LogP) is 4.68. The molecule has 6 nitrogen and oxygen atoms in total. The van der Waals surface area contributed by atoms with Gasteiger partial charge in [-0.2, -0.15) is 0 Å². The molecule has 0 saturated heterocycles. The van der Waals surface area contributed by atoms with Gasteiger partial charge in [0, 0.05) is 41.3 Å². The number of pyridine rings is 1. The van der Waals surface area contributed by atoms with E-state index in [2.05, 4.69) is 15.6 Å². The summed E-state index contributed by atoms with van der Waals surface area (Å²) in [6.07, 6.45) is 8.16. The van der Waals surface area contributed by atoms with Crippen LogP contribution in [-0.2, 0) is 15.0 Å². The number of benzene rings is 1. The number of carbonyl (C=O) groups is 2. The van der Waals surface area contributed by atoms with Crippen LogP contribution < -0.4 is 16.4 Å². The smallest absolute Gasteiger partial charge is 0.230 e. The van der Waals surface area contributed by atoms with Crippen LogP contribution in [0.2, 0.25) is 5.02 Å². The molecule has 36 heavy (non-hydrogen) atoms. The molecule has 4 bridgehead atoms. The van der Waals surface area contributed by atoms with Gasteiger partial charge in [0.25, 0.3) is 0 Å². The Bertz CT molecular complexity index is 1140. The number of rotatable bonds is 7. The normalized spacial score (nSPS) is 29.6. The molecule has 192 valence electrons. The third-order valence-corrected chi connectivity index (χ3v) is 9.17. The van der Waals surface area contributed by atoms with Gasteiger partial charge in [-0.1, -0.05) is 17.7 Å². The van der Waals surface area contributed by atoms with Gasteiger partial charge in [-0.15, -0.1) is 0 Å². The van der Waals surface area contributed by atoms with Gasteiger partial charge in [0.15, 0.2) is 0 Å². The van der Waals surface area contributed by atoms with E-state index in [0.29, 0.717) is 34.9 Å². The minimum Gasteiger partial charge on any atom is -0.354 e. The molecule has 8 heteroatoms. The molecule has 2 aromatic rings. The topological polar surface area (TPSA) is 97.1 Å². The molecule has 4 aliphatic rings. The summed E-state index contributed by atoms with van der Waals surface area (Å²) in [4.78, 5) is 30.5. The molecule has 1 aromatic heterocycles. The largest absolute Gasteiger partial charge is 0.354 e. The number of carbonyl (C=O) groups excluding carboxylic acids is 2. The fourth-order valence-electron chi connectivity index (χ4n) is 7.43. The zero-order valence-electron chi connectivity index (χ0n) is 20.8. The van der Waals surface area contributed by atoms with E-state index in [4.69, 9.17) is 17.3 Å². The van der Waals surface area contributed by atoms with Crippen molar-refractivity contribution in [1.29, 1.82) is 0 Å². The van der Waals surface area contributed by atoms with Crippen LogP contribution in [-0.4, -0.2) is 29.4 Å². The molecule has 0 aliphatic heterocycles. The van der Waals surface area contributed by atoms with Crippen LogP contribution in [0.15, 0.2) is 42.7 Å². The Labute approximate surface area is 216 Å². The maximum Gasteiger partial charge on any atom is 0.230 e. The van der Waals surface area contributed by atoms with E-state index >= 15 is 0 Å². The lowest BCUT2D eigenvalue weighted by molar-refractivity contribution is -0.149. The summed E-state index contributed by atoms with van der Waals surface area (Å²) in [7, 11) is 0. The molecular weight excluding hydrogens is 479 g/mol.